The number of unbranched alkanes of at least 4 members (excludes halogenated alkanes) is 4. The van der Waals surface area contributed by atoms with Crippen molar-refractivity contribution in [1.82, 2.24) is 9.80 Å². The minimum Gasteiger partial charge on any atom is -0.493 e. The molecular weight excluding hydrogens is 508 g/mol. The average molecular weight is 567 g/mol. The van der Waals surface area contributed by atoms with Crippen LogP contribution in [0.4, 0.5) is 0 Å². The lowest BCUT2D eigenvalue weighted by Gasteiger charge is -2.43. The van der Waals surface area contributed by atoms with Crippen molar-refractivity contribution in [1.29, 1.82) is 0 Å². The van der Waals surface area contributed by atoms with Crippen LogP contribution < -0.4 is 9.47 Å². The second-order valence-corrected chi connectivity index (χ2v) is 13.7. The Hall–Kier alpha value is -1.56. The first kappa shape index (κ1) is 30.9. The predicted molar refractivity (Wildman–Crippen MR) is 170 cm³/mol. The van der Waals surface area contributed by atoms with Crippen LogP contribution in [0.5, 0.6) is 11.5 Å². The van der Waals surface area contributed by atoms with Crippen LogP contribution in [0.15, 0.2) is 17.7 Å². The summed E-state index contributed by atoms with van der Waals surface area (Å²) in [5.74, 6) is 3.06. The second-order valence-electron chi connectivity index (χ2n) is 13.7. The van der Waals surface area contributed by atoms with Crippen LogP contribution in [0.3, 0.4) is 0 Å². The number of hydrogen-bond donors (Lipinski definition) is 0. The Balaban J connectivity index is 1.27. The monoisotopic (exact) mass is 566 g/mol. The van der Waals surface area contributed by atoms with Crippen molar-refractivity contribution in [2.24, 2.45) is 5.92 Å². The smallest absolute Gasteiger partial charge is 0.132 e. The quantitative estimate of drug-likeness (QED) is 0.214. The molecule has 5 heteroatoms. The second kappa shape index (κ2) is 15.3. The molecule has 3 aliphatic heterocycles. The van der Waals surface area contributed by atoms with Crippen LogP contribution in [-0.2, 0) is 11.2 Å². The molecule has 2 fully saturated rings. The molecule has 0 atom stereocenters. The summed E-state index contributed by atoms with van der Waals surface area (Å²) >= 11 is 0. The molecule has 41 heavy (non-hydrogen) atoms. The summed E-state index contributed by atoms with van der Waals surface area (Å²) in [4.78, 5) is 5.26. The zero-order valence-electron chi connectivity index (χ0n) is 26.6. The van der Waals surface area contributed by atoms with Gasteiger partial charge in [-0.25, -0.2) is 0 Å². The molecule has 1 aliphatic carbocycles. The van der Waals surface area contributed by atoms with Crippen molar-refractivity contribution in [2.45, 2.75) is 116 Å². The number of hydrogen-bond acceptors (Lipinski definition) is 5. The van der Waals surface area contributed by atoms with Crippen LogP contribution in [0.1, 0.15) is 115 Å². The fourth-order valence-electron chi connectivity index (χ4n) is 7.56. The van der Waals surface area contributed by atoms with Crippen LogP contribution in [0.2, 0.25) is 0 Å². The maximum Gasteiger partial charge on any atom is 0.132 e. The Morgan fingerprint density at radius 1 is 0.902 bits per heavy atom. The van der Waals surface area contributed by atoms with E-state index in [0.717, 1.165) is 82.7 Å². The minimum absolute atomic E-state index is 0.253. The van der Waals surface area contributed by atoms with Crippen LogP contribution in [0, 0.1) is 5.92 Å². The van der Waals surface area contributed by atoms with Gasteiger partial charge in [-0.15, -0.1) is 0 Å². The van der Waals surface area contributed by atoms with E-state index in [9.17, 15) is 0 Å². The van der Waals surface area contributed by atoms with Crippen LogP contribution >= 0.6 is 0 Å². The standard InChI is InChI=1S/C36H58N2O3/c1-4-5-8-15-30-26-33(40-23-12-7-11-18-37-21-24-39-25-22-37)35-31-28-38(19-16-29-13-9-6-10-14-29)20-17-32(31)36(2,3)41-34(35)27-30/h26-27,29H,4-25,28H2,1-3H3. The van der Waals surface area contributed by atoms with Gasteiger partial charge >= 0.3 is 0 Å². The lowest BCUT2D eigenvalue weighted by atomic mass is 9.80. The van der Waals surface area contributed by atoms with Gasteiger partial charge in [-0.1, -0.05) is 51.9 Å². The van der Waals surface area contributed by atoms with Crippen molar-refractivity contribution in [3.63, 3.8) is 0 Å². The first-order chi connectivity index (χ1) is 20.0. The number of morpholine rings is 1. The van der Waals surface area contributed by atoms with Gasteiger partial charge in [0, 0.05) is 26.2 Å². The normalized spacial score (nSPS) is 21.8. The highest BCUT2D eigenvalue weighted by molar-refractivity contribution is 5.82. The maximum absolute atomic E-state index is 6.81. The van der Waals surface area contributed by atoms with E-state index in [1.165, 1.54) is 106 Å². The summed E-state index contributed by atoms with van der Waals surface area (Å²) in [7, 11) is 0. The van der Waals surface area contributed by atoms with Crippen LogP contribution in [-0.4, -0.2) is 74.5 Å². The average Bonchev–Trinajstić information content (AvgIpc) is 2.98. The van der Waals surface area contributed by atoms with Crippen molar-refractivity contribution in [3.05, 3.63) is 28.8 Å². The van der Waals surface area contributed by atoms with Gasteiger partial charge in [0.15, 0.2) is 0 Å². The number of aryl methyl sites for hydroxylation is 1. The van der Waals surface area contributed by atoms with Crippen molar-refractivity contribution in [2.75, 3.05) is 59.1 Å². The molecule has 5 rings (SSSR count). The molecule has 4 aliphatic rings. The Morgan fingerprint density at radius 2 is 1.73 bits per heavy atom. The topological polar surface area (TPSA) is 34.2 Å². The lowest BCUT2D eigenvalue weighted by molar-refractivity contribution is 0.0370. The Labute approximate surface area is 251 Å². The molecule has 0 N–H and O–H groups in total. The zero-order valence-corrected chi connectivity index (χ0v) is 26.6. The highest BCUT2D eigenvalue weighted by Crippen LogP contribution is 2.49. The summed E-state index contributed by atoms with van der Waals surface area (Å²) in [5, 5.41) is 0. The highest BCUT2D eigenvalue weighted by Gasteiger charge is 2.39. The van der Waals surface area contributed by atoms with Gasteiger partial charge in [-0.05, 0) is 107 Å². The summed E-state index contributed by atoms with van der Waals surface area (Å²) in [6.07, 6.45) is 18.1. The zero-order chi connectivity index (χ0) is 28.5. The fourth-order valence-corrected chi connectivity index (χ4v) is 7.56. The first-order valence-electron chi connectivity index (χ1n) is 17.3. The summed E-state index contributed by atoms with van der Waals surface area (Å²) in [6, 6.07) is 4.70. The van der Waals surface area contributed by atoms with E-state index < -0.39 is 0 Å². The fraction of sp³-hybridized carbons (Fsp3) is 0.778. The molecule has 1 saturated carbocycles. The largest absolute Gasteiger partial charge is 0.493 e. The summed E-state index contributed by atoms with van der Waals surface area (Å²) in [6.45, 7) is 16.2. The SMILES string of the molecule is CCCCCc1cc(OCCCCCN2CCOCC2)c2c(c1)OC(C)(C)C1=C2CN(CCC2CCCCC2)CC1. The molecule has 5 nitrogen and oxygen atoms in total. The molecule has 230 valence electrons. The molecule has 0 amide bonds. The van der Waals surface area contributed by atoms with Gasteiger partial charge in [0.05, 0.1) is 25.4 Å². The van der Waals surface area contributed by atoms with E-state index in [1.807, 2.05) is 0 Å². The first-order valence-corrected chi connectivity index (χ1v) is 17.3. The van der Waals surface area contributed by atoms with E-state index >= 15 is 0 Å². The van der Waals surface area contributed by atoms with E-state index in [1.54, 1.807) is 0 Å². The molecular formula is C36H58N2O3. The van der Waals surface area contributed by atoms with E-state index in [-0.39, 0.29) is 5.60 Å². The lowest BCUT2D eigenvalue weighted by Crippen LogP contribution is -2.42. The molecule has 1 saturated heterocycles. The Bertz CT molecular complexity index is 991. The maximum atomic E-state index is 6.81. The van der Waals surface area contributed by atoms with Gasteiger partial charge in [-0.2, -0.15) is 0 Å². The third-order valence-corrected chi connectivity index (χ3v) is 10.1. The van der Waals surface area contributed by atoms with Gasteiger partial charge in [-0.3, -0.25) is 9.80 Å². The number of rotatable bonds is 14. The number of fused-ring (bicyclic) bond motifs is 2. The molecule has 1 aromatic rings. The molecule has 1 aromatic carbocycles. The summed E-state index contributed by atoms with van der Waals surface area (Å²) < 4.78 is 19.0. The Morgan fingerprint density at radius 3 is 2.54 bits per heavy atom. The Kier molecular flexibility index (Phi) is 11.5. The van der Waals surface area contributed by atoms with Gasteiger partial charge in [0.1, 0.15) is 17.1 Å². The van der Waals surface area contributed by atoms with Crippen molar-refractivity contribution in [3.8, 4) is 11.5 Å². The number of ether oxygens (including phenoxy) is 3. The number of benzene rings is 1. The molecule has 0 aromatic heterocycles. The van der Waals surface area contributed by atoms with Crippen molar-refractivity contribution < 1.29 is 14.2 Å². The van der Waals surface area contributed by atoms with E-state index in [2.05, 4.69) is 42.7 Å². The minimum atomic E-state index is -0.253. The van der Waals surface area contributed by atoms with Gasteiger partial charge in [0.2, 0.25) is 0 Å². The molecule has 0 radical (unpaired) electrons. The highest BCUT2D eigenvalue weighted by atomic mass is 16.5. The molecule has 0 unspecified atom stereocenters. The van der Waals surface area contributed by atoms with E-state index in [0.29, 0.717) is 0 Å². The third-order valence-electron chi connectivity index (χ3n) is 10.1. The third kappa shape index (κ3) is 8.51. The van der Waals surface area contributed by atoms with Crippen molar-refractivity contribution >= 4 is 5.57 Å². The van der Waals surface area contributed by atoms with E-state index in [4.69, 9.17) is 14.2 Å². The predicted octanol–water partition coefficient (Wildman–Crippen LogP) is 7.90. The van der Waals surface area contributed by atoms with Gasteiger partial charge in [0.25, 0.3) is 0 Å². The van der Waals surface area contributed by atoms with Gasteiger partial charge < -0.3 is 14.2 Å². The van der Waals surface area contributed by atoms with Crippen LogP contribution in [0.25, 0.3) is 5.57 Å². The summed E-state index contributed by atoms with van der Waals surface area (Å²) in [5.41, 5.74) is 5.36. The number of nitrogens with zero attached hydrogens (tertiary/aromatic N) is 2. The molecule has 0 spiro atoms. The molecule has 3 heterocycles. The molecule has 0 bridgehead atoms.